The summed E-state index contributed by atoms with van der Waals surface area (Å²) in [4.78, 5) is 21.7. The molecule has 0 aliphatic carbocycles. The molecule has 1 saturated heterocycles. The number of hydrogen-bond acceptors (Lipinski definition) is 4. The maximum atomic E-state index is 12.0. The predicted molar refractivity (Wildman–Crippen MR) is 72.1 cm³/mol. The molecule has 1 aromatic heterocycles. The van der Waals surface area contributed by atoms with Crippen molar-refractivity contribution in [1.82, 2.24) is 14.9 Å². The Morgan fingerprint density at radius 3 is 2.74 bits per heavy atom. The van der Waals surface area contributed by atoms with Gasteiger partial charge >= 0.3 is 0 Å². The highest BCUT2D eigenvalue weighted by Gasteiger charge is 2.36. The fourth-order valence-electron chi connectivity index (χ4n) is 1.91. The zero-order valence-electron chi connectivity index (χ0n) is 11.4. The van der Waals surface area contributed by atoms with Crippen LogP contribution in [0.1, 0.15) is 20.8 Å². The van der Waals surface area contributed by atoms with Gasteiger partial charge in [0.1, 0.15) is 0 Å². The predicted octanol–water partition coefficient (Wildman–Crippen LogP) is 2.01. The molecule has 0 unspecified atom stereocenters. The van der Waals surface area contributed by atoms with E-state index in [-0.39, 0.29) is 11.3 Å². The molecular formula is C13H18ClN3O2. The summed E-state index contributed by atoms with van der Waals surface area (Å²) in [6.45, 7) is 7.80. The zero-order valence-corrected chi connectivity index (χ0v) is 12.1. The third kappa shape index (κ3) is 3.56. The number of nitrogens with zero attached hydrogens (tertiary/aromatic N) is 3. The van der Waals surface area contributed by atoms with Gasteiger partial charge in [0.25, 0.3) is 0 Å². The van der Waals surface area contributed by atoms with E-state index < -0.39 is 0 Å². The number of aromatic nitrogens is 2. The molecule has 5 nitrogen and oxygen atoms in total. The van der Waals surface area contributed by atoms with E-state index in [1.165, 1.54) is 12.4 Å². The van der Waals surface area contributed by atoms with Crippen LogP contribution in [0.15, 0.2) is 12.4 Å². The maximum absolute atomic E-state index is 12.0. The number of halogens is 1. The van der Waals surface area contributed by atoms with E-state index >= 15 is 0 Å². The summed E-state index contributed by atoms with van der Waals surface area (Å²) in [5, 5.41) is 0.315. The maximum Gasteiger partial charge on any atom is 0.233 e. The molecule has 6 heteroatoms. The van der Waals surface area contributed by atoms with Crippen LogP contribution in [0.25, 0.3) is 0 Å². The van der Waals surface area contributed by atoms with E-state index in [0.717, 1.165) is 13.1 Å². The molecule has 0 saturated carbocycles. The van der Waals surface area contributed by atoms with Gasteiger partial charge in [0.2, 0.25) is 11.8 Å². The smallest absolute Gasteiger partial charge is 0.233 e. The highest BCUT2D eigenvalue weighted by molar-refractivity contribution is 6.29. The molecule has 1 fully saturated rings. The molecular weight excluding hydrogens is 266 g/mol. The summed E-state index contributed by atoms with van der Waals surface area (Å²) in [6.07, 6.45) is 2.99. The third-order valence-electron chi connectivity index (χ3n) is 2.94. The second-order valence-corrected chi connectivity index (χ2v) is 6.20. The second-order valence-electron chi connectivity index (χ2n) is 5.82. The molecule has 0 aromatic carbocycles. The largest absolute Gasteiger partial charge is 0.476 e. The van der Waals surface area contributed by atoms with Gasteiger partial charge in [-0.2, -0.15) is 4.98 Å². The molecule has 2 rings (SSSR count). The second kappa shape index (κ2) is 5.33. The lowest BCUT2D eigenvalue weighted by atomic mass is 9.90. The Hall–Kier alpha value is -1.36. The van der Waals surface area contributed by atoms with Crippen molar-refractivity contribution in [3.8, 4) is 5.88 Å². The van der Waals surface area contributed by atoms with Gasteiger partial charge < -0.3 is 9.64 Å². The molecule has 0 bridgehead atoms. The summed E-state index contributed by atoms with van der Waals surface area (Å²) >= 11 is 5.72. The lowest BCUT2D eigenvalue weighted by Gasteiger charge is -2.42. The first-order valence-electron chi connectivity index (χ1n) is 6.26. The molecule has 104 valence electrons. The van der Waals surface area contributed by atoms with Gasteiger partial charge in [0, 0.05) is 24.4 Å². The standard InChI is InChI=1S/C13H18ClN3O2/c1-13(2,3)12(18)17-6-9(7-17)8-19-11-5-15-4-10(14)16-11/h4-5,9H,6-8H2,1-3H3. The van der Waals surface area contributed by atoms with Crippen molar-refractivity contribution in [1.29, 1.82) is 0 Å². The molecule has 0 N–H and O–H groups in total. The van der Waals surface area contributed by atoms with Crippen molar-refractivity contribution >= 4 is 17.5 Å². The molecule has 1 aromatic rings. The first kappa shape index (κ1) is 14.1. The molecule has 1 aliphatic heterocycles. The fourth-order valence-corrected chi connectivity index (χ4v) is 2.05. The normalized spacial score (nSPS) is 16.1. The first-order chi connectivity index (χ1) is 8.86. The van der Waals surface area contributed by atoms with Gasteiger partial charge in [0.05, 0.1) is 19.0 Å². The van der Waals surface area contributed by atoms with E-state index in [4.69, 9.17) is 16.3 Å². The Labute approximate surface area is 117 Å². The van der Waals surface area contributed by atoms with Crippen LogP contribution < -0.4 is 4.74 Å². The topological polar surface area (TPSA) is 55.3 Å². The molecule has 0 atom stereocenters. The SMILES string of the molecule is CC(C)(C)C(=O)N1CC(COc2cncc(Cl)n2)C1. The van der Waals surface area contributed by atoms with Crippen LogP contribution in [0.4, 0.5) is 0 Å². The number of rotatable bonds is 3. The molecule has 2 heterocycles. The molecule has 1 aliphatic rings. The van der Waals surface area contributed by atoms with Crippen molar-refractivity contribution < 1.29 is 9.53 Å². The quantitative estimate of drug-likeness (QED) is 0.851. The van der Waals surface area contributed by atoms with Crippen molar-refractivity contribution in [3.05, 3.63) is 17.5 Å². The molecule has 19 heavy (non-hydrogen) atoms. The number of carbonyl (C=O) groups excluding carboxylic acids is 1. The minimum absolute atomic E-state index is 0.186. The summed E-state index contributed by atoms with van der Waals surface area (Å²) in [5.74, 6) is 0.964. The van der Waals surface area contributed by atoms with Crippen LogP contribution in [0, 0.1) is 11.3 Å². The zero-order chi connectivity index (χ0) is 14.0. The number of carbonyl (C=O) groups is 1. The van der Waals surface area contributed by atoms with Crippen LogP contribution in [0.2, 0.25) is 5.15 Å². The lowest BCUT2D eigenvalue weighted by Crippen LogP contribution is -2.55. The van der Waals surface area contributed by atoms with Gasteiger partial charge in [-0.1, -0.05) is 32.4 Å². The van der Waals surface area contributed by atoms with Crippen molar-refractivity contribution in [3.63, 3.8) is 0 Å². The Bertz CT molecular complexity index is 467. The van der Waals surface area contributed by atoms with Crippen molar-refractivity contribution in [2.75, 3.05) is 19.7 Å². The van der Waals surface area contributed by atoms with Gasteiger partial charge in [-0.3, -0.25) is 9.78 Å². The summed E-state index contributed by atoms with van der Waals surface area (Å²) < 4.78 is 5.51. The number of hydrogen-bond donors (Lipinski definition) is 0. The van der Waals surface area contributed by atoms with Gasteiger partial charge in [-0.15, -0.1) is 0 Å². The van der Waals surface area contributed by atoms with E-state index in [9.17, 15) is 4.79 Å². The van der Waals surface area contributed by atoms with Crippen LogP contribution in [-0.4, -0.2) is 40.5 Å². The van der Waals surface area contributed by atoms with E-state index in [1.54, 1.807) is 0 Å². The Balaban J connectivity index is 1.75. The van der Waals surface area contributed by atoms with Gasteiger partial charge in [0.15, 0.2) is 5.15 Å². The van der Waals surface area contributed by atoms with Crippen LogP contribution >= 0.6 is 11.6 Å². The van der Waals surface area contributed by atoms with Crippen molar-refractivity contribution in [2.24, 2.45) is 11.3 Å². The minimum Gasteiger partial charge on any atom is -0.476 e. The highest BCUT2D eigenvalue weighted by Crippen LogP contribution is 2.24. The molecule has 1 amide bonds. The minimum atomic E-state index is -0.315. The first-order valence-corrected chi connectivity index (χ1v) is 6.64. The highest BCUT2D eigenvalue weighted by atomic mass is 35.5. The Morgan fingerprint density at radius 1 is 1.47 bits per heavy atom. The van der Waals surface area contributed by atoms with Gasteiger partial charge in [-0.05, 0) is 0 Å². The summed E-state index contributed by atoms with van der Waals surface area (Å²) in [5.41, 5.74) is -0.315. The Kier molecular flexibility index (Phi) is 3.94. The molecule has 0 spiro atoms. The van der Waals surface area contributed by atoms with Crippen LogP contribution in [0.5, 0.6) is 5.88 Å². The van der Waals surface area contributed by atoms with Crippen LogP contribution in [0.3, 0.4) is 0 Å². The summed E-state index contributed by atoms with van der Waals surface area (Å²) in [7, 11) is 0. The van der Waals surface area contributed by atoms with E-state index in [1.807, 2.05) is 25.7 Å². The number of amides is 1. The number of ether oxygens (including phenoxy) is 1. The average molecular weight is 284 g/mol. The monoisotopic (exact) mass is 283 g/mol. The summed E-state index contributed by atoms with van der Waals surface area (Å²) in [6, 6.07) is 0. The number of likely N-dealkylation sites (tertiary alicyclic amines) is 1. The van der Waals surface area contributed by atoms with E-state index in [2.05, 4.69) is 9.97 Å². The van der Waals surface area contributed by atoms with Crippen molar-refractivity contribution in [2.45, 2.75) is 20.8 Å². The lowest BCUT2D eigenvalue weighted by molar-refractivity contribution is -0.146. The van der Waals surface area contributed by atoms with E-state index in [0.29, 0.717) is 23.6 Å². The molecule has 0 radical (unpaired) electrons. The Morgan fingerprint density at radius 2 is 2.16 bits per heavy atom. The third-order valence-corrected chi connectivity index (χ3v) is 3.12. The van der Waals surface area contributed by atoms with Crippen LogP contribution in [-0.2, 0) is 4.79 Å². The fraction of sp³-hybridized carbons (Fsp3) is 0.615. The van der Waals surface area contributed by atoms with Gasteiger partial charge in [-0.25, -0.2) is 0 Å². The average Bonchev–Trinajstić information content (AvgIpc) is 2.25.